The van der Waals surface area contributed by atoms with Gasteiger partial charge in [0.05, 0.1) is 4.88 Å². The first-order valence-corrected chi connectivity index (χ1v) is 7.45. The molecule has 0 atom stereocenters. The van der Waals surface area contributed by atoms with E-state index in [1.807, 2.05) is 11.3 Å². The van der Waals surface area contributed by atoms with Crippen molar-refractivity contribution in [1.82, 2.24) is 10.2 Å². The maximum atomic E-state index is 5.81. The largest absolute Gasteiger partial charge is 0.207 e. The van der Waals surface area contributed by atoms with Crippen LogP contribution in [-0.2, 0) is 12.8 Å². The standard InChI is InChI=1S/C11H11ClN2S2/c12-11-14-13-10(16-11)9-6-7-4-2-1-3-5-8(7)15-9/h6H,1-5H2. The summed E-state index contributed by atoms with van der Waals surface area (Å²) < 4.78 is 0.526. The van der Waals surface area contributed by atoms with Gasteiger partial charge in [-0.05, 0) is 48.9 Å². The molecule has 1 aliphatic rings. The zero-order valence-corrected chi connectivity index (χ0v) is 11.1. The molecule has 5 heteroatoms. The summed E-state index contributed by atoms with van der Waals surface area (Å²) in [5, 5.41) is 8.92. The van der Waals surface area contributed by atoms with Crippen LogP contribution in [0.2, 0.25) is 4.47 Å². The first-order chi connectivity index (χ1) is 7.83. The third-order valence-electron chi connectivity index (χ3n) is 2.86. The Hall–Kier alpha value is -0.450. The molecule has 0 aliphatic heterocycles. The highest BCUT2D eigenvalue weighted by Gasteiger charge is 2.15. The number of hydrogen-bond acceptors (Lipinski definition) is 4. The quantitative estimate of drug-likeness (QED) is 0.726. The second kappa shape index (κ2) is 4.43. The fourth-order valence-electron chi connectivity index (χ4n) is 2.08. The molecule has 1 aliphatic carbocycles. The van der Waals surface area contributed by atoms with E-state index >= 15 is 0 Å². The third-order valence-corrected chi connectivity index (χ3v) is 5.28. The van der Waals surface area contributed by atoms with Crippen LogP contribution in [0.5, 0.6) is 0 Å². The number of thiophene rings is 1. The van der Waals surface area contributed by atoms with Crippen molar-refractivity contribution >= 4 is 34.3 Å². The van der Waals surface area contributed by atoms with Gasteiger partial charge in [0.25, 0.3) is 0 Å². The second-order valence-electron chi connectivity index (χ2n) is 3.98. The summed E-state index contributed by atoms with van der Waals surface area (Å²) in [7, 11) is 0. The lowest BCUT2D eigenvalue weighted by molar-refractivity contribution is 0.713. The van der Waals surface area contributed by atoms with Crippen LogP contribution >= 0.6 is 34.3 Å². The first kappa shape index (κ1) is 10.7. The minimum Gasteiger partial charge on any atom is -0.137 e. The number of aromatic nitrogens is 2. The minimum atomic E-state index is 0.526. The lowest BCUT2D eigenvalue weighted by Crippen LogP contribution is -1.80. The van der Waals surface area contributed by atoms with Gasteiger partial charge in [0.2, 0.25) is 4.47 Å². The van der Waals surface area contributed by atoms with Crippen LogP contribution in [0, 0.1) is 0 Å². The molecule has 0 N–H and O–H groups in total. The monoisotopic (exact) mass is 270 g/mol. The van der Waals surface area contributed by atoms with Crippen LogP contribution in [0.4, 0.5) is 0 Å². The lowest BCUT2D eigenvalue weighted by Gasteiger charge is -1.92. The van der Waals surface area contributed by atoms with Crippen molar-refractivity contribution in [2.45, 2.75) is 32.1 Å². The molecule has 0 amide bonds. The summed E-state index contributed by atoms with van der Waals surface area (Å²) in [5.74, 6) is 0. The summed E-state index contributed by atoms with van der Waals surface area (Å²) in [6.45, 7) is 0. The van der Waals surface area contributed by atoms with E-state index in [1.165, 1.54) is 53.9 Å². The minimum absolute atomic E-state index is 0.526. The molecular weight excluding hydrogens is 260 g/mol. The fraction of sp³-hybridized carbons (Fsp3) is 0.455. The number of nitrogens with zero attached hydrogens (tertiary/aromatic N) is 2. The number of rotatable bonds is 1. The Bertz CT molecular complexity index is 480. The van der Waals surface area contributed by atoms with E-state index in [9.17, 15) is 0 Å². The SMILES string of the molecule is Clc1nnc(-c2cc3c(s2)CCCCC3)s1. The van der Waals surface area contributed by atoms with E-state index in [0.717, 1.165) is 5.01 Å². The van der Waals surface area contributed by atoms with Crippen molar-refractivity contribution in [3.63, 3.8) is 0 Å². The van der Waals surface area contributed by atoms with Crippen LogP contribution < -0.4 is 0 Å². The third kappa shape index (κ3) is 2.01. The molecule has 0 spiro atoms. The van der Waals surface area contributed by atoms with Gasteiger partial charge in [-0.15, -0.1) is 21.5 Å². The lowest BCUT2D eigenvalue weighted by atomic mass is 10.1. The molecule has 0 saturated heterocycles. The number of hydrogen-bond donors (Lipinski definition) is 0. The molecule has 0 fully saturated rings. The van der Waals surface area contributed by atoms with Gasteiger partial charge in [0, 0.05) is 4.88 Å². The summed E-state index contributed by atoms with van der Waals surface area (Å²) >= 11 is 9.14. The van der Waals surface area contributed by atoms with Crippen LogP contribution in [0.1, 0.15) is 29.7 Å². The zero-order valence-electron chi connectivity index (χ0n) is 8.70. The van der Waals surface area contributed by atoms with Gasteiger partial charge >= 0.3 is 0 Å². The Kier molecular flexibility index (Phi) is 2.96. The normalized spacial score (nSPS) is 15.8. The number of halogens is 1. The molecule has 0 unspecified atom stereocenters. The summed E-state index contributed by atoms with van der Waals surface area (Å²) in [5.41, 5.74) is 1.52. The summed E-state index contributed by atoms with van der Waals surface area (Å²) in [6, 6.07) is 2.28. The first-order valence-electron chi connectivity index (χ1n) is 5.44. The van der Waals surface area contributed by atoms with Gasteiger partial charge in [-0.3, -0.25) is 0 Å². The van der Waals surface area contributed by atoms with Crippen LogP contribution in [-0.4, -0.2) is 10.2 Å². The number of aryl methyl sites for hydroxylation is 2. The van der Waals surface area contributed by atoms with Gasteiger partial charge in [0.15, 0.2) is 5.01 Å². The van der Waals surface area contributed by atoms with Gasteiger partial charge < -0.3 is 0 Å². The molecule has 3 rings (SSSR count). The van der Waals surface area contributed by atoms with Crippen LogP contribution in [0.3, 0.4) is 0 Å². The Labute approximate surface area is 107 Å². The Morgan fingerprint density at radius 2 is 1.94 bits per heavy atom. The Morgan fingerprint density at radius 1 is 1.06 bits per heavy atom. The molecule has 2 aromatic heterocycles. The van der Waals surface area contributed by atoms with E-state index in [2.05, 4.69) is 16.3 Å². The number of fused-ring (bicyclic) bond motifs is 1. The van der Waals surface area contributed by atoms with Crippen molar-refractivity contribution in [3.05, 3.63) is 21.0 Å². The van der Waals surface area contributed by atoms with E-state index in [4.69, 9.17) is 11.6 Å². The maximum absolute atomic E-state index is 5.81. The maximum Gasteiger partial charge on any atom is 0.207 e. The highest BCUT2D eigenvalue weighted by Crippen LogP contribution is 2.36. The van der Waals surface area contributed by atoms with Crippen LogP contribution in [0.25, 0.3) is 9.88 Å². The molecule has 0 radical (unpaired) electrons. The molecule has 16 heavy (non-hydrogen) atoms. The molecule has 0 saturated carbocycles. The van der Waals surface area contributed by atoms with E-state index in [1.54, 1.807) is 4.88 Å². The van der Waals surface area contributed by atoms with Gasteiger partial charge in [-0.1, -0.05) is 17.8 Å². The van der Waals surface area contributed by atoms with Gasteiger partial charge in [0.1, 0.15) is 0 Å². The molecule has 2 heterocycles. The van der Waals surface area contributed by atoms with E-state index in [-0.39, 0.29) is 0 Å². The molecule has 0 bridgehead atoms. The molecule has 0 aromatic carbocycles. The second-order valence-corrected chi connectivity index (χ2v) is 6.68. The smallest absolute Gasteiger partial charge is 0.137 e. The highest BCUT2D eigenvalue weighted by atomic mass is 35.5. The van der Waals surface area contributed by atoms with Crippen molar-refractivity contribution in [3.8, 4) is 9.88 Å². The highest BCUT2D eigenvalue weighted by molar-refractivity contribution is 7.23. The topological polar surface area (TPSA) is 25.8 Å². The van der Waals surface area contributed by atoms with Crippen LogP contribution in [0.15, 0.2) is 6.07 Å². The average molecular weight is 271 g/mol. The molecular formula is C11H11ClN2S2. The Balaban J connectivity index is 1.98. The summed E-state index contributed by atoms with van der Waals surface area (Å²) in [4.78, 5) is 2.77. The van der Waals surface area contributed by atoms with Crippen molar-refractivity contribution in [2.24, 2.45) is 0 Å². The Morgan fingerprint density at radius 3 is 2.75 bits per heavy atom. The molecule has 2 nitrogen and oxygen atoms in total. The zero-order chi connectivity index (χ0) is 11.0. The fourth-order valence-corrected chi connectivity index (χ4v) is 4.20. The predicted molar refractivity (Wildman–Crippen MR) is 69.5 cm³/mol. The summed E-state index contributed by atoms with van der Waals surface area (Å²) in [6.07, 6.45) is 6.45. The van der Waals surface area contributed by atoms with Crippen molar-refractivity contribution < 1.29 is 0 Å². The molecule has 84 valence electrons. The van der Waals surface area contributed by atoms with Gasteiger partial charge in [-0.2, -0.15) is 0 Å². The van der Waals surface area contributed by atoms with E-state index in [0.29, 0.717) is 4.47 Å². The van der Waals surface area contributed by atoms with E-state index < -0.39 is 0 Å². The molecule has 2 aromatic rings. The van der Waals surface area contributed by atoms with Crippen molar-refractivity contribution in [2.75, 3.05) is 0 Å². The van der Waals surface area contributed by atoms with Crippen molar-refractivity contribution in [1.29, 1.82) is 0 Å². The predicted octanol–water partition coefficient (Wildman–Crippen LogP) is 4.19. The van der Waals surface area contributed by atoms with Gasteiger partial charge in [-0.25, -0.2) is 0 Å². The average Bonchev–Trinajstić information content (AvgIpc) is 2.81.